The third-order valence-electron chi connectivity index (χ3n) is 2.73. The average Bonchev–Trinajstić information content (AvgIpc) is 2.08. The van der Waals surface area contributed by atoms with Gasteiger partial charge in [0.2, 0.25) is 0 Å². The first-order valence-electron chi connectivity index (χ1n) is 5.25. The molecule has 0 amide bonds. The van der Waals surface area contributed by atoms with Crippen molar-refractivity contribution in [3.05, 3.63) is 12.2 Å². The van der Waals surface area contributed by atoms with E-state index in [2.05, 4.69) is 30.8 Å². The molecular formula is C11H22N2. The van der Waals surface area contributed by atoms with Gasteiger partial charge in [0.15, 0.2) is 0 Å². The maximum atomic E-state index is 3.88. The summed E-state index contributed by atoms with van der Waals surface area (Å²) in [5, 5.41) is 3.44. The highest BCUT2D eigenvalue weighted by molar-refractivity contribution is 4.91. The van der Waals surface area contributed by atoms with Crippen LogP contribution < -0.4 is 5.32 Å². The van der Waals surface area contributed by atoms with Crippen molar-refractivity contribution < 1.29 is 0 Å². The summed E-state index contributed by atoms with van der Waals surface area (Å²) >= 11 is 0. The van der Waals surface area contributed by atoms with Crippen LogP contribution in [0.25, 0.3) is 0 Å². The van der Waals surface area contributed by atoms with Crippen LogP contribution >= 0.6 is 0 Å². The molecule has 0 bridgehead atoms. The van der Waals surface area contributed by atoms with E-state index >= 15 is 0 Å². The van der Waals surface area contributed by atoms with Crippen LogP contribution in [0.4, 0.5) is 0 Å². The fourth-order valence-electron chi connectivity index (χ4n) is 1.85. The lowest BCUT2D eigenvalue weighted by molar-refractivity contribution is 0.183. The minimum Gasteiger partial charge on any atom is -0.311 e. The molecule has 0 aliphatic carbocycles. The van der Waals surface area contributed by atoms with Gasteiger partial charge in [0.25, 0.3) is 0 Å². The molecule has 1 rings (SSSR count). The van der Waals surface area contributed by atoms with Gasteiger partial charge in [0.1, 0.15) is 0 Å². The zero-order valence-corrected chi connectivity index (χ0v) is 8.97. The summed E-state index contributed by atoms with van der Waals surface area (Å²) in [6, 6.07) is 0.744. The standard InChI is InChI=1S/C11H22N2/c1-10(2)8-12-9-11-6-4-5-7-13(11)3/h11-12H,1,4-9H2,2-3H3. The largest absolute Gasteiger partial charge is 0.311 e. The molecule has 0 saturated carbocycles. The van der Waals surface area contributed by atoms with Gasteiger partial charge in [0, 0.05) is 19.1 Å². The molecule has 2 nitrogen and oxygen atoms in total. The Morgan fingerprint density at radius 2 is 2.31 bits per heavy atom. The van der Waals surface area contributed by atoms with Crippen LogP contribution in [-0.4, -0.2) is 37.6 Å². The van der Waals surface area contributed by atoms with Gasteiger partial charge in [-0.15, -0.1) is 0 Å². The monoisotopic (exact) mass is 182 g/mol. The lowest BCUT2D eigenvalue weighted by Gasteiger charge is -2.32. The topological polar surface area (TPSA) is 15.3 Å². The number of hydrogen-bond acceptors (Lipinski definition) is 2. The highest BCUT2D eigenvalue weighted by Gasteiger charge is 2.17. The molecular weight excluding hydrogens is 160 g/mol. The highest BCUT2D eigenvalue weighted by Crippen LogP contribution is 2.13. The van der Waals surface area contributed by atoms with E-state index in [0.29, 0.717) is 0 Å². The first kappa shape index (κ1) is 10.7. The van der Waals surface area contributed by atoms with Crippen LogP contribution in [0.15, 0.2) is 12.2 Å². The Kier molecular flexibility index (Phi) is 4.46. The van der Waals surface area contributed by atoms with Crippen LogP contribution in [0, 0.1) is 0 Å². The molecule has 0 radical (unpaired) electrons. The maximum absolute atomic E-state index is 3.88. The second kappa shape index (κ2) is 5.40. The SMILES string of the molecule is C=C(C)CNCC1CCCCN1C. The molecule has 0 aromatic rings. The van der Waals surface area contributed by atoms with Gasteiger partial charge in [-0.2, -0.15) is 0 Å². The van der Waals surface area contributed by atoms with Crippen LogP contribution in [0.5, 0.6) is 0 Å². The molecule has 1 atom stereocenters. The van der Waals surface area contributed by atoms with Crippen molar-refractivity contribution in [3.8, 4) is 0 Å². The average molecular weight is 182 g/mol. The predicted molar refractivity (Wildman–Crippen MR) is 58.0 cm³/mol. The van der Waals surface area contributed by atoms with E-state index in [0.717, 1.165) is 19.1 Å². The number of rotatable bonds is 4. The maximum Gasteiger partial charge on any atom is 0.0217 e. The smallest absolute Gasteiger partial charge is 0.0217 e. The number of hydrogen-bond donors (Lipinski definition) is 1. The Morgan fingerprint density at radius 3 is 2.92 bits per heavy atom. The van der Waals surface area contributed by atoms with Crippen molar-refractivity contribution in [2.75, 3.05) is 26.7 Å². The third-order valence-corrected chi connectivity index (χ3v) is 2.73. The van der Waals surface area contributed by atoms with Crippen molar-refractivity contribution in [3.63, 3.8) is 0 Å². The van der Waals surface area contributed by atoms with Crippen molar-refractivity contribution >= 4 is 0 Å². The van der Waals surface area contributed by atoms with Gasteiger partial charge in [-0.25, -0.2) is 0 Å². The number of nitrogens with zero attached hydrogens (tertiary/aromatic N) is 1. The summed E-state index contributed by atoms with van der Waals surface area (Å²) in [6.07, 6.45) is 4.11. The van der Waals surface area contributed by atoms with Crippen LogP contribution in [0.3, 0.4) is 0 Å². The fourth-order valence-corrected chi connectivity index (χ4v) is 1.85. The quantitative estimate of drug-likeness (QED) is 0.665. The molecule has 76 valence electrons. The molecule has 1 aliphatic rings. The second-order valence-corrected chi connectivity index (χ2v) is 4.22. The molecule has 0 aromatic heterocycles. The van der Waals surface area contributed by atoms with Crippen molar-refractivity contribution in [2.24, 2.45) is 0 Å². The summed E-state index contributed by atoms with van der Waals surface area (Å²) < 4.78 is 0. The molecule has 1 N–H and O–H groups in total. The van der Waals surface area contributed by atoms with Crippen LogP contribution in [0.1, 0.15) is 26.2 Å². The molecule has 1 heterocycles. The third kappa shape index (κ3) is 3.92. The van der Waals surface area contributed by atoms with Gasteiger partial charge in [-0.1, -0.05) is 18.6 Å². The van der Waals surface area contributed by atoms with Crippen molar-refractivity contribution in [1.82, 2.24) is 10.2 Å². The predicted octanol–water partition coefficient (Wildman–Crippen LogP) is 1.64. The number of piperidine rings is 1. The fraction of sp³-hybridized carbons (Fsp3) is 0.818. The zero-order valence-electron chi connectivity index (χ0n) is 8.97. The van der Waals surface area contributed by atoms with E-state index in [1.54, 1.807) is 0 Å². The Bertz CT molecular complexity index is 165. The van der Waals surface area contributed by atoms with Crippen molar-refractivity contribution in [2.45, 2.75) is 32.2 Å². The van der Waals surface area contributed by atoms with E-state index < -0.39 is 0 Å². The van der Waals surface area contributed by atoms with Crippen LogP contribution in [0.2, 0.25) is 0 Å². The highest BCUT2D eigenvalue weighted by atomic mass is 15.2. The summed E-state index contributed by atoms with van der Waals surface area (Å²) in [5.41, 5.74) is 1.22. The second-order valence-electron chi connectivity index (χ2n) is 4.22. The normalized spacial score (nSPS) is 24.6. The molecule has 1 saturated heterocycles. The Labute approximate surface area is 82.0 Å². The van der Waals surface area contributed by atoms with Crippen LogP contribution in [-0.2, 0) is 0 Å². The van der Waals surface area contributed by atoms with E-state index in [1.165, 1.54) is 31.4 Å². The molecule has 1 unspecified atom stereocenters. The Morgan fingerprint density at radius 1 is 1.54 bits per heavy atom. The number of likely N-dealkylation sites (tertiary alicyclic amines) is 1. The summed E-state index contributed by atoms with van der Waals surface area (Å²) in [5.74, 6) is 0. The first-order valence-corrected chi connectivity index (χ1v) is 5.25. The van der Waals surface area contributed by atoms with E-state index in [-0.39, 0.29) is 0 Å². The van der Waals surface area contributed by atoms with Gasteiger partial charge in [-0.05, 0) is 33.4 Å². The molecule has 0 spiro atoms. The number of nitrogens with one attached hydrogen (secondary N) is 1. The van der Waals surface area contributed by atoms with E-state index in [1.807, 2.05) is 0 Å². The summed E-state index contributed by atoms with van der Waals surface area (Å²) in [6.45, 7) is 9.29. The van der Waals surface area contributed by atoms with Gasteiger partial charge in [-0.3, -0.25) is 0 Å². The minimum atomic E-state index is 0.744. The first-order chi connectivity index (χ1) is 6.20. The van der Waals surface area contributed by atoms with E-state index in [4.69, 9.17) is 0 Å². The van der Waals surface area contributed by atoms with Gasteiger partial charge >= 0.3 is 0 Å². The lowest BCUT2D eigenvalue weighted by Crippen LogP contribution is -2.43. The van der Waals surface area contributed by atoms with Gasteiger partial charge < -0.3 is 10.2 Å². The Balaban J connectivity index is 2.15. The van der Waals surface area contributed by atoms with E-state index in [9.17, 15) is 0 Å². The molecule has 13 heavy (non-hydrogen) atoms. The minimum absolute atomic E-state index is 0.744. The summed E-state index contributed by atoms with van der Waals surface area (Å²) in [4.78, 5) is 2.47. The van der Waals surface area contributed by atoms with Crippen molar-refractivity contribution in [1.29, 1.82) is 0 Å². The molecule has 1 fully saturated rings. The molecule has 0 aromatic carbocycles. The Hall–Kier alpha value is -0.340. The summed E-state index contributed by atoms with van der Waals surface area (Å²) in [7, 11) is 2.23. The number of likely N-dealkylation sites (N-methyl/N-ethyl adjacent to an activating group) is 1. The van der Waals surface area contributed by atoms with Gasteiger partial charge in [0.05, 0.1) is 0 Å². The zero-order chi connectivity index (χ0) is 9.68. The molecule has 2 heteroatoms. The molecule has 1 aliphatic heterocycles. The lowest BCUT2D eigenvalue weighted by atomic mass is 10.0.